The Balaban J connectivity index is 1.60. The van der Waals surface area contributed by atoms with Crippen molar-refractivity contribution in [2.75, 3.05) is 0 Å². The minimum Gasteiger partial charge on any atom is -0.422 e. The third-order valence-electron chi connectivity index (χ3n) is 3.37. The lowest BCUT2D eigenvalue weighted by molar-refractivity contribution is -0.385. The summed E-state index contributed by atoms with van der Waals surface area (Å²) in [7, 11) is 0. The van der Waals surface area contributed by atoms with Gasteiger partial charge in [0, 0.05) is 5.56 Å². The Hall–Kier alpha value is -3.86. The molecule has 0 aliphatic heterocycles. The molecule has 0 aliphatic carbocycles. The molecule has 3 aromatic rings. The van der Waals surface area contributed by atoms with Crippen LogP contribution in [0.1, 0.15) is 15.2 Å². The second-order valence-corrected chi connectivity index (χ2v) is 6.30. The number of amides is 1. The summed E-state index contributed by atoms with van der Waals surface area (Å²) in [6.07, 6.45) is 3.53. The van der Waals surface area contributed by atoms with Crippen LogP contribution < -0.4 is 10.2 Å². The van der Waals surface area contributed by atoms with Crippen molar-refractivity contribution >= 4 is 35.1 Å². The second kappa shape index (κ2) is 8.68. The average Bonchev–Trinajstić information content (AvgIpc) is 3.35. The minimum atomic E-state index is -0.603. The van der Waals surface area contributed by atoms with Gasteiger partial charge in [-0.3, -0.25) is 19.6 Å². The number of nitro groups is 1. The zero-order valence-electron chi connectivity index (χ0n) is 14.2. The van der Waals surface area contributed by atoms with Gasteiger partial charge in [0.15, 0.2) is 0 Å². The van der Waals surface area contributed by atoms with Crippen molar-refractivity contribution in [1.82, 2.24) is 15.2 Å². The summed E-state index contributed by atoms with van der Waals surface area (Å²) in [5, 5.41) is 19.9. The third-order valence-corrected chi connectivity index (χ3v) is 4.22. The number of aromatic nitrogens is 2. The zero-order valence-corrected chi connectivity index (χ0v) is 15.0. The van der Waals surface area contributed by atoms with Gasteiger partial charge in [0.1, 0.15) is 29.6 Å². The van der Waals surface area contributed by atoms with Crippen molar-refractivity contribution in [2.45, 2.75) is 6.54 Å². The number of carbonyl (C=O) groups is 2. The number of rotatable bonds is 7. The molecule has 1 aromatic carbocycles. The lowest BCUT2D eigenvalue weighted by Gasteiger charge is -2.06. The molecule has 2 aromatic heterocycles. The lowest BCUT2D eigenvalue weighted by atomic mass is 10.2. The Morgan fingerprint density at radius 3 is 2.86 bits per heavy atom. The van der Waals surface area contributed by atoms with Gasteiger partial charge in [-0.2, -0.15) is 10.2 Å². The van der Waals surface area contributed by atoms with Crippen molar-refractivity contribution in [2.24, 2.45) is 5.10 Å². The Kier molecular flexibility index (Phi) is 5.87. The van der Waals surface area contributed by atoms with Crippen molar-refractivity contribution < 1.29 is 19.2 Å². The van der Waals surface area contributed by atoms with Gasteiger partial charge in [-0.1, -0.05) is 18.2 Å². The maximum atomic E-state index is 12.1. The van der Waals surface area contributed by atoms with E-state index in [2.05, 4.69) is 15.6 Å². The molecule has 3 rings (SSSR count). The number of hydrazone groups is 1. The maximum Gasteiger partial charge on any atom is 0.353 e. The van der Waals surface area contributed by atoms with Gasteiger partial charge in [-0.05, 0) is 23.6 Å². The summed E-state index contributed by atoms with van der Waals surface area (Å²) in [6, 6.07) is 10.1. The molecule has 0 saturated carbocycles. The molecular formula is C17H13N5O5S. The van der Waals surface area contributed by atoms with Crippen LogP contribution in [0, 0.1) is 10.1 Å². The Morgan fingerprint density at radius 2 is 2.14 bits per heavy atom. The summed E-state index contributed by atoms with van der Waals surface area (Å²) in [4.78, 5) is 34.4. The molecule has 0 radical (unpaired) electrons. The first-order chi connectivity index (χ1) is 13.5. The van der Waals surface area contributed by atoms with Crippen LogP contribution in [-0.2, 0) is 11.3 Å². The Bertz CT molecular complexity index is 1030. The van der Waals surface area contributed by atoms with E-state index in [1.165, 1.54) is 17.6 Å². The van der Waals surface area contributed by atoms with Crippen molar-refractivity contribution in [3.8, 4) is 5.75 Å². The number of esters is 1. The first-order valence-corrected chi connectivity index (χ1v) is 8.74. The highest BCUT2D eigenvalue weighted by molar-refractivity contribution is 7.12. The predicted octanol–water partition coefficient (Wildman–Crippen LogP) is 2.22. The molecule has 0 aliphatic rings. The molecule has 2 heterocycles. The fourth-order valence-corrected chi connectivity index (χ4v) is 2.71. The highest BCUT2D eigenvalue weighted by Crippen LogP contribution is 2.19. The van der Waals surface area contributed by atoms with Crippen LogP contribution in [0.4, 0.5) is 5.69 Å². The SMILES string of the molecule is O=C(Cn1cc([N+](=O)[O-])cn1)N/N=C/c1ccccc1OC(=O)c1cccs1. The lowest BCUT2D eigenvalue weighted by Crippen LogP contribution is -2.23. The third kappa shape index (κ3) is 4.86. The molecule has 0 unspecified atom stereocenters. The summed E-state index contributed by atoms with van der Waals surface area (Å²) >= 11 is 1.27. The predicted molar refractivity (Wildman–Crippen MR) is 100 cm³/mol. The van der Waals surface area contributed by atoms with Gasteiger partial charge in [0.25, 0.3) is 5.91 Å². The molecule has 0 atom stereocenters. The molecule has 1 amide bonds. The smallest absolute Gasteiger partial charge is 0.353 e. The Labute approximate surface area is 162 Å². The highest BCUT2D eigenvalue weighted by Gasteiger charge is 2.12. The van der Waals surface area contributed by atoms with E-state index in [4.69, 9.17) is 4.74 Å². The monoisotopic (exact) mass is 399 g/mol. The normalized spacial score (nSPS) is 10.7. The number of ether oxygens (including phenoxy) is 1. The van der Waals surface area contributed by atoms with Crippen molar-refractivity contribution in [1.29, 1.82) is 0 Å². The zero-order chi connectivity index (χ0) is 19.9. The molecule has 10 nitrogen and oxygen atoms in total. The van der Waals surface area contributed by atoms with Crippen LogP contribution >= 0.6 is 11.3 Å². The largest absolute Gasteiger partial charge is 0.422 e. The van der Waals surface area contributed by atoms with E-state index < -0.39 is 16.8 Å². The second-order valence-electron chi connectivity index (χ2n) is 5.35. The van der Waals surface area contributed by atoms with Crippen molar-refractivity contribution in [3.05, 3.63) is 74.7 Å². The molecule has 142 valence electrons. The molecule has 28 heavy (non-hydrogen) atoms. The maximum absolute atomic E-state index is 12.1. The fourth-order valence-electron chi connectivity index (χ4n) is 2.11. The number of thiophene rings is 1. The summed E-state index contributed by atoms with van der Waals surface area (Å²) in [6.45, 7) is -0.236. The number of carbonyl (C=O) groups excluding carboxylic acids is 2. The van der Waals surface area contributed by atoms with Crippen LogP contribution in [0.25, 0.3) is 0 Å². The highest BCUT2D eigenvalue weighted by atomic mass is 32.1. The Morgan fingerprint density at radius 1 is 1.32 bits per heavy atom. The molecule has 0 saturated heterocycles. The number of hydrogen-bond acceptors (Lipinski definition) is 8. The molecule has 0 bridgehead atoms. The summed E-state index contributed by atoms with van der Waals surface area (Å²) in [5.74, 6) is -0.718. The molecular weight excluding hydrogens is 386 g/mol. The van der Waals surface area contributed by atoms with E-state index in [1.807, 2.05) is 0 Å². The van der Waals surface area contributed by atoms with Crippen LogP contribution in [0.2, 0.25) is 0 Å². The molecule has 1 N–H and O–H groups in total. The van der Waals surface area contributed by atoms with Gasteiger partial charge in [0.05, 0.1) is 11.1 Å². The molecule has 0 spiro atoms. The number of nitrogens with one attached hydrogen (secondary N) is 1. The first kappa shape index (κ1) is 18.9. The van der Waals surface area contributed by atoms with E-state index in [1.54, 1.807) is 41.8 Å². The van der Waals surface area contributed by atoms with Gasteiger partial charge >= 0.3 is 11.7 Å². The number of benzene rings is 1. The first-order valence-electron chi connectivity index (χ1n) is 7.86. The van der Waals surface area contributed by atoms with E-state index in [-0.39, 0.29) is 12.2 Å². The van der Waals surface area contributed by atoms with Crippen molar-refractivity contribution in [3.63, 3.8) is 0 Å². The van der Waals surface area contributed by atoms with E-state index in [9.17, 15) is 19.7 Å². The summed E-state index contributed by atoms with van der Waals surface area (Å²) < 4.78 is 6.48. The minimum absolute atomic E-state index is 0.210. The van der Waals surface area contributed by atoms with Gasteiger partial charge < -0.3 is 4.74 Å². The fraction of sp³-hybridized carbons (Fsp3) is 0.0588. The van der Waals surface area contributed by atoms with Gasteiger partial charge in [0.2, 0.25) is 0 Å². The molecule has 11 heteroatoms. The van der Waals surface area contributed by atoms with Crippen LogP contribution in [-0.4, -0.2) is 32.8 Å². The van der Waals surface area contributed by atoms with Crippen LogP contribution in [0.5, 0.6) is 5.75 Å². The summed E-state index contributed by atoms with van der Waals surface area (Å²) in [5.41, 5.74) is 2.57. The number of nitrogens with zero attached hydrogens (tertiary/aromatic N) is 4. The quantitative estimate of drug-likeness (QED) is 0.213. The standard InChI is InChI=1S/C17H13N5O5S/c23-16(11-21-10-13(9-19-21)22(25)26)20-18-8-12-4-1-2-5-14(12)27-17(24)15-6-3-7-28-15/h1-10H,11H2,(H,20,23)/b18-8+. The topological polar surface area (TPSA) is 129 Å². The molecule has 0 fully saturated rings. The number of hydrogen-bond donors (Lipinski definition) is 1. The number of para-hydroxylation sites is 1. The van der Waals surface area contributed by atoms with E-state index >= 15 is 0 Å². The van der Waals surface area contributed by atoms with Crippen LogP contribution in [0.3, 0.4) is 0 Å². The van der Waals surface area contributed by atoms with Gasteiger partial charge in [-0.25, -0.2) is 10.2 Å². The average molecular weight is 399 g/mol. The van der Waals surface area contributed by atoms with Crippen LogP contribution in [0.15, 0.2) is 59.3 Å². The van der Waals surface area contributed by atoms with E-state index in [0.717, 1.165) is 17.1 Å². The van der Waals surface area contributed by atoms with E-state index in [0.29, 0.717) is 16.2 Å². The van der Waals surface area contributed by atoms with Gasteiger partial charge in [-0.15, -0.1) is 11.3 Å².